The lowest BCUT2D eigenvalue weighted by atomic mass is 10.1. The fourth-order valence-corrected chi connectivity index (χ4v) is 2.61. The summed E-state index contributed by atoms with van der Waals surface area (Å²) >= 11 is 0. The molecule has 5 nitrogen and oxygen atoms in total. The molecule has 0 aliphatic rings. The molecule has 0 radical (unpaired) electrons. The molecule has 0 saturated heterocycles. The Kier molecular flexibility index (Phi) is 4.90. The first-order valence-corrected chi connectivity index (χ1v) is 7.78. The first-order valence-electron chi connectivity index (χ1n) is 7.78. The van der Waals surface area contributed by atoms with Gasteiger partial charge in [-0.2, -0.15) is 5.26 Å². The van der Waals surface area contributed by atoms with Crippen molar-refractivity contribution in [3.05, 3.63) is 83.6 Å². The maximum Gasteiger partial charge on any atom is 0.346 e. The van der Waals surface area contributed by atoms with Gasteiger partial charge >= 0.3 is 5.97 Å². The maximum atomic E-state index is 13.6. The van der Waals surface area contributed by atoms with E-state index in [1.165, 1.54) is 18.2 Å². The third-order valence-corrected chi connectivity index (χ3v) is 3.76. The van der Waals surface area contributed by atoms with Crippen LogP contribution in [-0.2, 0) is 11.3 Å². The van der Waals surface area contributed by atoms with Gasteiger partial charge in [0.05, 0.1) is 12.2 Å². The van der Waals surface area contributed by atoms with Crippen LogP contribution in [0.3, 0.4) is 0 Å². The summed E-state index contributed by atoms with van der Waals surface area (Å²) in [4.78, 5) is 15.4. The molecule has 26 heavy (non-hydrogen) atoms. The van der Waals surface area contributed by atoms with Gasteiger partial charge in [-0.25, -0.2) is 9.18 Å². The number of pyridine rings is 1. The molecule has 0 bridgehead atoms. The summed E-state index contributed by atoms with van der Waals surface area (Å²) in [6.07, 6.45) is 4.69. The van der Waals surface area contributed by atoms with Crippen molar-refractivity contribution >= 4 is 12.0 Å². The Morgan fingerprint density at radius 3 is 2.77 bits per heavy atom. The summed E-state index contributed by atoms with van der Waals surface area (Å²) in [5.41, 5.74) is 2.32. The summed E-state index contributed by atoms with van der Waals surface area (Å²) in [7, 11) is 0. The quantitative estimate of drug-likeness (QED) is 0.563. The van der Waals surface area contributed by atoms with Crippen LogP contribution in [0.15, 0.2) is 66.5 Å². The van der Waals surface area contributed by atoms with Crippen LogP contribution in [0, 0.1) is 17.1 Å². The van der Waals surface area contributed by atoms with Gasteiger partial charge < -0.3 is 9.67 Å². The van der Waals surface area contributed by atoms with Gasteiger partial charge in [-0.15, -0.1) is 0 Å². The second kappa shape index (κ2) is 7.45. The number of hydrogen-bond acceptors (Lipinski definition) is 3. The van der Waals surface area contributed by atoms with Crippen molar-refractivity contribution in [3.63, 3.8) is 0 Å². The van der Waals surface area contributed by atoms with Crippen LogP contribution in [0.1, 0.15) is 11.3 Å². The molecule has 0 aliphatic carbocycles. The highest BCUT2D eigenvalue weighted by atomic mass is 19.1. The Morgan fingerprint density at radius 1 is 1.27 bits per heavy atom. The van der Waals surface area contributed by atoms with Crippen LogP contribution in [0.4, 0.5) is 4.39 Å². The second-order valence-electron chi connectivity index (χ2n) is 5.59. The van der Waals surface area contributed by atoms with E-state index in [-0.39, 0.29) is 11.4 Å². The largest absolute Gasteiger partial charge is 0.477 e. The van der Waals surface area contributed by atoms with Gasteiger partial charge in [0.25, 0.3) is 0 Å². The molecule has 3 rings (SSSR count). The lowest BCUT2D eigenvalue weighted by Crippen LogP contribution is -2.02. The van der Waals surface area contributed by atoms with E-state index in [0.29, 0.717) is 23.4 Å². The molecule has 0 saturated carbocycles. The van der Waals surface area contributed by atoms with Gasteiger partial charge in [0.15, 0.2) is 0 Å². The Hall–Kier alpha value is -3.72. The third kappa shape index (κ3) is 3.84. The van der Waals surface area contributed by atoms with Crippen molar-refractivity contribution in [2.24, 2.45) is 0 Å². The van der Waals surface area contributed by atoms with Crippen molar-refractivity contribution in [2.75, 3.05) is 0 Å². The Bertz CT molecular complexity index is 1020. The van der Waals surface area contributed by atoms with Crippen molar-refractivity contribution in [1.29, 1.82) is 5.26 Å². The number of nitriles is 1. The Morgan fingerprint density at radius 2 is 2.12 bits per heavy atom. The van der Waals surface area contributed by atoms with E-state index in [0.717, 1.165) is 5.69 Å². The molecule has 0 fully saturated rings. The smallest absolute Gasteiger partial charge is 0.346 e. The lowest BCUT2D eigenvalue weighted by molar-refractivity contribution is -0.132. The topological polar surface area (TPSA) is 78.9 Å². The van der Waals surface area contributed by atoms with Gasteiger partial charge in [0.2, 0.25) is 0 Å². The van der Waals surface area contributed by atoms with E-state index in [1.807, 2.05) is 22.8 Å². The molecule has 128 valence electrons. The number of halogens is 1. The summed E-state index contributed by atoms with van der Waals surface area (Å²) in [5, 5.41) is 18.0. The number of carbonyl (C=O) groups is 1. The van der Waals surface area contributed by atoms with Crippen molar-refractivity contribution < 1.29 is 14.3 Å². The lowest BCUT2D eigenvalue weighted by Gasteiger charge is -2.09. The number of benzene rings is 1. The number of carboxylic acid groups (broad SMARTS) is 1. The minimum absolute atomic E-state index is 0.367. The number of hydrogen-bond donors (Lipinski definition) is 1. The van der Waals surface area contributed by atoms with E-state index in [2.05, 4.69) is 4.98 Å². The van der Waals surface area contributed by atoms with E-state index in [1.54, 1.807) is 36.7 Å². The Balaban J connectivity index is 2.08. The first-order chi connectivity index (χ1) is 12.6. The molecule has 0 aliphatic heterocycles. The number of rotatable bonds is 5. The van der Waals surface area contributed by atoms with Gasteiger partial charge in [0, 0.05) is 23.7 Å². The van der Waals surface area contributed by atoms with Gasteiger partial charge in [-0.05, 0) is 42.0 Å². The third-order valence-electron chi connectivity index (χ3n) is 3.76. The maximum absolute atomic E-state index is 13.6. The summed E-state index contributed by atoms with van der Waals surface area (Å²) in [6.45, 7) is 0.426. The van der Waals surface area contributed by atoms with E-state index in [9.17, 15) is 9.18 Å². The zero-order valence-electron chi connectivity index (χ0n) is 13.6. The molecule has 2 heterocycles. The number of aromatic nitrogens is 2. The highest BCUT2D eigenvalue weighted by molar-refractivity contribution is 5.96. The van der Waals surface area contributed by atoms with Crippen molar-refractivity contribution in [1.82, 2.24) is 9.55 Å². The fourth-order valence-electron chi connectivity index (χ4n) is 2.61. The molecule has 0 amide bonds. The van der Waals surface area contributed by atoms with Gasteiger partial charge in [-0.1, -0.05) is 18.2 Å². The Labute approximate surface area is 149 Å². The standard InChI is InChI=1S/C20H14FN3O2/c21-17-5-3-4-15(10-17)19-9-14(8-16(11-22)20(25)26)12-24(19)13-18-6-1-2-7-23-18/h1-10,12H,13H2,(H,25,26)/b16-8+. The molecular formula is C20H14FN3O2. The minimum Gasteiger partial charge on any atom is -0.477 e. The summed E-state index contributed by atoms with van der Waals surface area (Å²) in [6, 6.07) is 15.1. The fraction of sp³-hybridized carbons (Fsp3) is 0.0500. The van der Waals surface area contributed by atoms with Gasteiger partial charge in [-0.3, -0.25) is 4.98 Å². The predicted octanol–water partition coefficient (Wildman–Crippen LogP) is 3.73. The van der Waals surface area contributed by atoms with Crippen LogP contribution in [0.2, 0.25) is 0 Å². The average Bonchev–Trinajstić information content (AvgIpc) is 3.02. The monoisotopic (exact) mass is 347 g/mol. The molecule has 2 aromatic heterocycles. The average molecular weight is 347 g/mol. The van der Waals surface area contributed by atoms with Crippen LogP contribution in [-0.4, -0.2) is 20.6 Å². The number of carboxylic acids is 1. The summed E-state index contributed by atoms with van der Waals surface area (Å²) < 4.78 is 15.5. The molecular weight excluding hydrogens is 333 g/mol. The van der Waals surface area contributed by atoms with Crippen molar-refractivity contribution in [3.8, 4) is 17.3 Å². The van der Waals surface area contributed by atoms with Crippen molar-refractivity contribution in [2.45, 2.75) is 6.54 Å². The minimum atomic E-state index is -1.29. The molecule has 1 aromatic carbocycles. The van der Waals surface area contributed by atoms with Crippen LogP contribution in [0.25, 0.3) is 17.3 Å². The van der Waals surface area contributed by atoms with E-state index in [4.69, 9.17) is 10.4 Å². The highest BCUT2D eigenvalue weighted by Gasteiger charge is 2.12. The van der Waals surface area contributed by atoms with E-state index >= 15 is 0 Å². The summed E-state index contributed by atoms with van der Waals surface area (Å²) in [5.74, 6) is -1.66. The predicted molar refractivity (Wildman–Crippen MR) is 94.4 cm³/mol. The van der Waals surface area contributed by atoms with Crippen LogP contribution in [0.5, 0.6) is 0 Å². The van der Waals surface area contributed by atoms with Crippen LogP contribution >= 0.6 is 0 Å². The molecule has 0 unspecified atom stereocenters. The normalized spacial score (nSPS) is 11.2. The molecule has 0 atom stereocenters. The number of nitrogens with zero attached hydrogens (tertiary/aromatic N) is 3. The number of aliphatic carboxylic acids is 1. The highest BCUT2D eigenvalue weighted by Crippen LogP contribution is 2.25. The van der Waals surface area contributed by atoms with Crippen LogP contribution < -0.4 is 0 Å². The first kappa shape index (κ1) is 17.1. The molecule has 3 aromatic rings. The molecule has 0 spiro atoms. The SMILES string of the molecule is N#C/C(=C\c1cc(-c2cccc(F)c2)n(Cc2ccccn2)c1)C(=O)O. The van der Waals surface area contributed by atoms with E-state index < -0.39 is 5.97 Å². The molecule has 6 heteroatoms. The molecule has 1 N–H and O–H groups in total. The van der Waals surface area contributed by atoms with Gasteiger partial charge in [0.1, 0.15) is 17.5 Å². The zero-order chi connectivity index (χ0) is 18.5. The zero-order valence-corrected chi connectivity index (χ0v) is 13.6. The second-order valence-corrected chi connectivity index (χ2v) is 5.59.